The first-order chi connectivity index (χ1) is 21.2. The predicted octanol–water partition coefficient (Wildman–Crippen LogP) is 9.03. The van der Waals surface area contributed by atoms with Crippen molar-refractivity contribution in [3.05, 3.63) is 141 Å². The fraction of sp³-hybridized carbons (Fsp3) is 0.333. The highest BCUT2D eigenvalue weighted by Crippen LogP contribution is 2.44. The maximum Gasteiger partial charge on any atom is 0.0948 e. The fourth-order valence-electron chi connectivity index (χ4n) is 6.35. The number of aryl methyl sites for hydroxylation is 2. The first kappa shape index (κ1) is 29.8. The van der Waals surface area contributed by atoms with Crippen molar-refractivity contribution in [2.45, 2.75) is 76.8 Å². The summed E-state index contributed by atoms with van der Waals surface area (Å²) in [7, 11) is 0. The Morgan fingerprint density at radius 3 is 2.21 bits per heavy atom. The molecule has 0 spiro atoms. The second-order valence-electron chi connectivity index (χ2n) is 11.7. The minimum absolute atomic E-state index is 0.0501. The molecule has 0 aliphatic carbocycles. The highest BCUT2D eigenvalue weighted by Gasteiger charge is 2.34. The van der Waals surface area contributed by atoms with Crippen LogP contribution in [0.3, 0.4) is 0 Å². The van der Waals surface area contributed by atoms with Crippen LogP contribution in [0.5, 0.6) is 0 Å². The summed E-state index contributed by atoms with van der Waals surface area (Å²) >= 11 is 1.87. The summed E-state index contributed by atoms with van der Waals surface area (Å²) in [5.74, 6) is 0. The molecule has 1 aromatic heterocycles. The van der Waals surface area contributed by atoms with E-state index in [-0.39, 0.29) is 24.9 Å². The van der Waals surface area contributed by atoms with Crippen LogP contribution < -0.4 is 0 Å². The van der Waals surface area contributed by atoms with Gasteiger partial charge in [-0.2, -0.15) is 0 Å². The third kappa shape index (κ3) is 7.45. The number of thiophene rings is 1. The Hall–Kier alpha value is -3.28. The smallest absolute Gasteiger partial charge is 0.0948 e. The van der Waals surface area contributed by atoms with Gasteiger partial charge in [-0.05, 0) is 77.3 Å². The van der Waals surface area contributed by atoms with Gasteiger partial charge in [0, 0.05) is 22.6 Å². The van der Waals surface area contributed by atoms with E-state index in [4.69, 9.17) is 9.47 Å². The van der Waals surface area contributed by atoms with Crippen LogP contribution in [0.4, 0.5) is 0 Å². The summed E-state index contributed by atoms with van der Waals surface area (Å²) in [5, 5.41) is 11.4. The van der Waals surface area contributed by atoms with Gasteiger partial charge in [-0.3, -0.25) is 0 Å². The van der Waals surface area contributed by atoms with E-state index in [9.17, 15) is 5.11 Å². The topological polar surface area (TPSA) is 38.7 Å². The summed E-state index contributed by atoms with van der Waals surface area (Å²) in [6.07, 6.45) is 6.44. The maximum absolute atomic E-state index is 10.1. The van der Waals surface area contributed by atoms with Crippen molar-refractivity contribution in [3.8, 4) is 0 Å². The van der Waals surface area contributed by atoms with Gasteiger partial charge in [0.1, 0.15) is 0 Å². The number of ether oxygens (including phenoxy) is 2. The van der Waals surface area contributed by atoms with Crippen LogP contribution in [0.25, 0.3) is 10.1 Å². The minimum atomic E-state index is -0.0501. The fourth-order valence-corrected chi connectivity index (χ4v) is 7.76. The van der Waals surface area contributed by atoms with Crippen LogP contribution in [0.2, 0.25) is 0 Å². The van der Waals surface area contributed by atoms with Crippen molar-refractivity contribution in [3.63, 3.8) is 0 Å². The maximum atomic E-state index is 10.1. The van der Waals surface area contributed by atoms with E-state index < -0.39 is 0 Å². The molecule has 3 atom stereocenters. The second-order valence-corrected chi connectivity index (χ2v) is 12.8. The molecular formula is C39H42O3S. The van der Waals surface area contributed by atoms with Crippen LogP contribution in [0.15, 0.2) is 103 Å². The highest BCUT2D eigenvalue weighted by molar-refractivity contribution is 7.19. The molecule has 0 bridgehead atoms. The molecule has 0 radical (unpaired) electrons. The molecule has 4 heteroatoms. The Labute approximate surface area is 260 Å². The molecule has 3 unspecified atom stereocenters. The van der Waals surface area contributed by atoms with E-state index in [1.807, 2.05) is 17.4 Å². The van der Waals surface area contributed by atoms with Gasteiger partial charge >= 0.3 is 0 Å². The van der Waals surface area contributed by atoms with Gasteiger partial charge in [-0.25, -0.2) is 0 Å². The van der Waals surface area contributed by atoms with Crippen molar-refractivity contribution in [2.75, 3.05) is 6.61 Å². The van der Waals surface area contributed by atoms with Crippen LogP contribution in [-0.4, -0.2) is 23.9 Å². The molecule has 0 saturated carbocycles. The number of fused-ring (bicyclic) bond motifs is 1. The molecule has 1 fully saturated rings. The Morgan fingerprint density at radius 2 is 1.49 bits per heavy atom. The van der Waals surface area contributed by atoms with Crippen molar-refractivity contribution in [1.82, 2.24) is 0 Å². The standard InChI is InChI=1S/C39H42O3S/c1-2-28-16-18-30(19-17-28)24-32-14-9-15-35-36(22-23-40)39(43-38(32)35)37-26-34(41-27-31-12-7-4-8-13-31)25-33(42-37)21-20-29-10-5-3-6-11-29/h3-19,33-34,37,40H,2,20-27H2,1H3. The molecule has 4 aromatic carbocycles. The Kier molecular flexibility index (Phi) is 10.0. The molecule has 1 N–H and O–H groups in total. The monoisotopic (exact) mass is 590 g/mol. The van der Waals surface area contributed by atoms with E-state index in [0.717, 1.165) is 38.5 Å². The first-order valence-corrected chi connectivity index (χ1v) is 16.6. The molecular weight excluding hydrogens is 548 g/mol. The van der Waals surface area contributed by atoms with Crippen LogP contribution in [0, 0.1) is 0 Å². The molecule has 6 rings (SSSR count). The Bertz CT molecular complexity index is 1520. The molecule has 1 aliphatic rings. The van der Waals surface area contributed by atoms with Crippen molar-refractivity contribution in [2.24, 2.45) is 0 Å². The van der Waals surface area contributed by atoms with Gasteiger partial charge in [0.2, 0.25) is 0 Å². The number of aliphatic hydroxyl groups excluding tert-OH is 1. The zero-order valence-electron chi connectivity index (χ0n) is 25.1. The average Bonchev–Trinajstić information content (AvgIpc) is 3.43. The van der Waals surface area contributed by atoms with Crippen LogP contribution in [-0.2, 0) is 41.8 Å². The number of benzene rings is 4. The number of aliphatic hydroxyl groups is 1. The van der Waals surface area contributed by atoms with Crippen LogP contribution >= 0.6 is 11.3 Å². The zero-order valence-corrected chi connectivity index (χ0v) is 25.9. The lowest BCUT2D eigenvalue weighted by atomic mass is 9.93. The van der Waals surface area contributed by atoms with E-state index in [1.54, 1.807) is 0 Å². The average molecular weight is 591 g/mol. The van der Waals surface area contributed by atoms with Gasteiger partial charge in [0.25, 0.3) is 0 Å². The van der Waals surface area contributed by atoms with Gasteiger partial charge < -0.3 is 14.6 Å². The molecule has 3 nitrogen and oxygen atoms in total. The summed E-state index contributed by atoms with van der Waals surface area (Å²) in [4.78, 5) is 1.26. The van der Waals surface area contributed by atoms with E-state index >= 15 is 0 Å². The van der Waals surface area contributed by atoms with Crippen molar-refractivity contribution >= 4 is 21.4 Å². The number of hydrogen-bond acceptors (Lipinski definition) is 4. The van der Waals surface area contributed by atoms with Gasteiger partial charge in [-0.1, -0.05) is 110 Å². The van der Waals surface area contributed by atoms with E-state index in [1.165, 1.54) is 48.3 Å². The Balaban J connectivity index is 1.29. The largest absolute Gasteiger partial charge is 0.396 e. The van der Waals surface area contributed by atoms with Gasteiger partial charge in [-0.15, -0.1) is 11.3 Å². The number of rotatable bonds is 12. The third-order valence-electron chi connectivity index (χ3n) is 8.70. The normalized spacial score (nSPS) is 18.7. The lowest BCUT2D eigenvalue weighted by Crippen LogP contribution is -2.33. The first-order valence-electron chi connectivity index (χ1n) is 15.8. The Morgan fingerprint density at radius 1 is 0.767 bits per heavy atom. The number of hydrogen-bond donors (Lipinski definition) is 1. The highest BCUT2D eigenvalue weighted by atomic mass is 32.1. The molecule has 0 amide bonds. The van der Waals surface area contributed by atoms with Crippen molar-refractivity contribution < 1.29 is 14.6 Å². The lowest BCUT2D eigenvalue weighted by molar-refractivity contribution is -0.121. The predicted molar refractivity (Wildman–Crippen MR) is 178 cm³/mol. The summed E-state index contributed by atoms with van der Waals surface area (Å²) in [5.41, 5.74) is 7.81. The van der Waals surface area contributed by atoms with E-state index in [2.05, 4.69) is 104 Å². The van der Waals surface area contributed by atoms with Gasteiger partial charge in [0.05, 0.1) is 24.9 Å². The minimum Gasteiger partial charge on any atom is -0.396 e. The zero-order chi connectivity index (χ0) is 29.4. The van der Waals surface area contributed by atoms with Crippen molar-refractivity contribution in [1.29, 1.82) is 0 Å². The van der Waals surface area contributed by atoms with Crippen LogP contribution in [0.1, 0.15) is 70.5 Å². The molecule has 222 valence electrons. The summed E-state index contributed by atoms with van der Waals surface area (Å²) in [6.45, 7) is 2.93. The molecule has 2 heterocycles. The molecule has 1 aliphatic heterocycles. The molecule has 5 aromatic rings. The summed E-state index contributed by atoms with van der Waals surface area (Å²) in [6, 6.07) is 36.8. The lowest BCUT2D eigenvalue weighted by Gasteiger charge is -2.36. The molecule has 43 heavy (non-hydrogen) atoms. The summed E-state index contributed by atoms with van der Waals surface area (Å²) < 4.78 is 14.8. The van der Waals surface area contributed by atoms with E-state index in [0.29, 0.717) is 13.0 Å². The molecule has 1 saturated heterocycles. The SMILES string of the molecule is CCc1ccc(Cc2cccc3c(CCO)c(C4CC(OCc5ccccc5)CC(CCc5ccccc5)O4)sc23)cc1. The third-order valence-corrected chi connectivity index (χ3v) is 10.1. The second kappa shape index (κ2) is 14.5. The quantitative estimate of drug-likeness (QED) is 0.158. The van der Waals surface area contributed by atoms with Gasteiger partial charge in [0.15, 0.2) is 0 Å².